The van der Waals surface area contributed by atoms with Crippen molar-refractivity contribution in [3.63, 3.8) is 0 Å². The van der Waals surface area contributed by atoms with Crippen LogP contribution in [0.15, 0.2) is 53.4 Å². The maximum absolute atomic E-state index is 13.1. The fraction of sp³-hybridized carbons (Fsp3) is 0.364. The average molecular weight is 480 g/mol. The highest BCUT2D eigenvalue weighted by molar-refractivity contribution is 7.89. The molecule has 1 saturated heterocycles. The van der Waals surface area contributed by atoms with Gasteiger partial charge in [-0.25, -0.2) is 12.8 Å². The molecule has 0 bridgehead atoms. The van der Waals surface area contributed by atoms with Crippen LogP contribution in [0.4, 0.5) is 10.1 Å². The number of nitrogens with zero attached hydrogens (tertiary/aromatic N) is 2. The van der Waals surface area contributed by atoms with Crippen molar-refractivity contribution in [1.29, 1.82) is 0 Å². The molecule has 0 saturated carbocycles. The van der Waals surface area contributed by atoms with E-state index in [9.17, 15) is 22.4 Å². The number of anilines is 1. The fourth-order valence-electron chi connectivity index (χ4n) is 3.32. The molecular formula is C22H26FN3O6S. The van der Waals surface area contributed by atoms with Gasteiger partial charge in [0, 0.05) is 31.9 Å². The van der Waals surface area contributed by atoms with E-state index in [1.165, 1.54) is 50.4 Å². The Labute approximate surface area is 192 Å². The van der Waals surface area contributed by atoms with Crippen LogP contribution in [0.3, 0.4) is 0 Å². The Morgan fingerprint density at radius 3 is 2.21 bits per heavy atom. The number of carbonyl (C=O) groups is 2. The number of piperazine rings is 1. The summed E-state index contributed by atoms with van der Waals surface area (Å²) in [7, 11) is -2.49. The van der Waals surface area contributed by atoms with Crippen LogP contribution in [0.2, 0.25) is 0 Å². The van der Waals surface area contributed by atoms with Gasteiger partial charge in [-0.05, 0) is 55.5 Å². The SMILES string of the molecule is COc1ccc(S(=O)(=O)N[C@@H](C)C(=O)OCC(=O)N2CCN(c3ccc(F)cc3)CC2)cc1. The van der Waals surface area contributed by atoms with E-state index in [1.807, 2.05) is 4.90 Å². The summed E-state index contributed by atoms with van der Waals surface area (Å²) in [6.07, 6.45) is 0. The van der Waals surface area contributed by atoms with E-state index in [4.69, 9.17) is 9.47 Å². The van der Waals surface area contributed by atoms with Gasteiger partial charge >= 0.3 is 5.97 Å². The van der Waals surface area contributed by atoms with E-state index in [0.717, 1.165) is 5.69 Å². The molecule has 2 aromatic rings. The predicted octanol–water partition coefficient (Wildman–Crippen LogP) is 1.39. The molecule has 0 aliphatic carbocycles. The van der Waals surface area contributed by atoms with E-state index >= 15 is 0 Å². The molecule has 1 atom stereocenters. The number of sulfonamides is 1. The second kappa shape index (κ2) is 10.6. The molecule has 0 unspecified atom stereocenters. The molecule has 2 aromatic carbocycles. The van der Waals surface area contributed by atoms with Crippen molar-refractivity contribution in [2.45, 2.75) is 17.9 Å². The van der Waals surface area contributed by atoms with E-state index in [-0.39, 0.29) is 16.6 Å². The number of nitrogens with one attached hydrogen (secondary N) is 1. The Hall–Kier alpha value is -3.18. The van der Waals surface area contributed by atoms with Gasteiger partial charge in [-0.2, -0.15) is 4.72 Å². The molecule has 11 heteroatoms. The number of carbonyl (C=O) groups excluding carboxylic acids is 2. The Bertz CT molecular complexity index is 1070. The van der Waals surface area contributed by atoms with Gasteiger partial charge in [0.15, 0.2) is 6.61 Å². The highest BCUT2D eigenvalue weighted by Gasteiger charge is 2.26. The fourth-order valence-corrected chi connectivity index (χ4v) is 4.51. The highest BCUT2D eigenvalue weighted by atomic mass is 32.2. The van der Waals surface area contributed by atoms with Gasteiger partial charge in [0.2, 0.25) is 10.0 Å². The summed E-state index contributed by atoms with van der Waals surface area (Å²) >= 11 is 0. The molecule has 0 spiro atoms. The van der Waals surface area contributed by atoms with Crippen LogP contribution in [0.1, 0.15) is 6.92 Å². The zero-order chi connectivity index (χ0) is 24.0. The van der Waals surface area contributed by atoms with E-state index in [1.54, 1.807) is 17.0 Å². The third-order valence-corrected chi connectivity index (χ3v) is 6.77. The van der Waals surface area contributed by atoms with Crippen LogP contribution in [0.5, 0.6) is 5.75 Å². The lowest BCUT2D eigenvalue weighted by Gasteiger charge is -2.36. The Balaban J connectivity index is 1.45. The number of amides is 1. The molecule has 1 N–H and O–H groups in total. The molecule has 9 nitrogen and oxygen atoms in total. The van der Waals surface area contributed by atoms with E-state index < -0.39 is 28.6 Å². The summed E-state index contributed by atoms with van der Waals surface area (Å²) in [5, 5.41) is 0. The second-order valence-corrected chi connectivity index (χ2v) is 9.18. The Kier molecular flexibility index (Phi) is 7.88. The molecule has 1 amide bonds. The molecule has 3 rings (SSSR count). The topological polar surface area (TPSA) is 105 Å². The first-order valence-electron chi connectivity index (χ1n) is 10.3. The van der Waals surface area contributed by atoms with E-state index in [2.05, 4.69) is 4.72 Å². The molecule has 178 valence electrons. The van der Waals surface area contributed by atoms with Gasteiger partial charge in [0.1, 0.15) is 17.6 Å². The average Bonchev–Trinajstić information content (AvgIpc) is 2.82. The molecule has 1 fully saturated rings. The minimum atomic E-state index is -3.95. The summed E-state index contributed by atoms with van der Waals surface area (Å²) in [5.74, 6) is -1.04. The maximum Gasteiger partial charge on any atom is 0.324 e. The Morgan fingerprint density at radius 2 is 1.64 bits per heavy atom. The number of halogens is 1. The number of rotatable bonds is 8. The highest BCUT2D eigenvalue weighted by Crippen LogP contribution is 2.17. The number of esters is 1. The monoisotopic (exact) mass is 479 g/mol. The lowest BCUT2D eigenvalue weighted by molar-refractivity contribution is -0.153. The third-order valence-electron chi connectivity index (χ3n) is 5.22. The quantitative estimate of drug-likeness (QED) is 0.571. The van der Waals surface area contributed by atoms with Gasteiger partial charge in [-0.3, -0.25) is 9.59 Å². The molecule has 1 heterocycles. The maximum atomic E-state index is 13.1. The lowest BCUT2D eigenvalue weighted by atomic mass is 10.2. The largest absolute Gasteiger partial charge is 0.497 e. The van der Waals surface area contributed by atoms with Crippen molar-refractivity contribution in [2.75, 3.05) is 44.8 Å². The summed E-state index contributed by atoms with van der Waals surface area (Å²) in [6, 6.07) is 10.7. The number of ether oxygens (including phenoxy) is 2. The predicted molar refractivity (Wildman–Crippen MR) is 119 cm³/mol. The summed E-state index contributed by atoms with van der Waals surface area (Å²) in [4.78, 5) is 28.2. The van der Waals surface area contributed by atoms with Crippen molar-refractivity contribution < 1.29 is 31.9 Å². The molecular weight excluding hydrogens is 453 g/mol. The molecule has 1 aliphatic heterocycles. The standard InChI is InChI=1S/C22H26FN3O6S/c1-16(24-33(29,30)20-9-7-19(31-2)8-10-20)22(28)32-15-21(27)26-13-11-25(12-14-26)18-5-3-17(23)4-6-18/h3-10,16,24H,11-15H2,1-2H3/t16-/m0/s1. The molecule has 1 aliphatic rings. The van der Waals surface area contributed by atoms with Crippen molar-refractivity contribution in [2.24, 2.45) is 0 Å². The van der Waals surface area contributed by atoms with Crippen LogP contribution >= 0.6 is 0 Å². The number of hydrogen-bond acceptors (Lipinski definition) is 7. The summed E-state index contributed by atoms with van der Waals surface area (Å²) in [6.45, 7) is 2.83. The van der Waals surface area contributed by atoms with Crippen LogP contribution in [0.25, 0.3) is 0 Å². The first-order chi connectivity index (χ1) is 15.7. The van der Waals surface area contributed by atoms with Crippen LogP contribution in [0, 0.1) is 5.82 Å². The zero-order valence-electron chi connectivity index (χ0n) is 18.4. The zero-order valence-corrected chi connectivity index (χ0v) is 19.2. The smallest absolute Gasteiger partial charge is 0.324 e. The van der Waals surface area contributed by atoms with Crippen LogP contribution < -0.4 is 14.4 Å². The van der Waals surface area contributed by atoms with Gasteiger partial charge in [0.25, 0.3) is 5.91 Å². The lowest BCUT2D eigenvalue weighted by Crippen LogP contribution is -2.50. The van der Waals surface area contributed by atoms with E-state index in [0.29, 0.717) is 31.9 Å². The molecule has 33 heavy (non-hydrogen) atoms. The first-order valence-corrected chi connectivity index (χ1v) is 11.8. The minimum Gasteiger partial charge on any atom is -0.497 e. The second-order valence-electron chi connectivity index (χ2n) is 7.47. The normalized spacial score (nSPS) is 15.1. The Morgan fingerprint density at radius 1 is 1.03 bits per heavy atom. The van der Waals surface area contributed by atoms with Crippen LogP contribution in [-0.4, -0.2) is 71.1 Å². The van der Waals surface area contributed by atoms with Crippen molar-refractivity contribution in [3.8, 4) is 5.75 Å². The van der Waals surface area contributed by atoms with Gasteiger partial charge in [0.05, 0.1) is 12.0 Å². The minimum absolute atomic E-state index is 0.0296. The summed E-state index contributed by atoms with van der Waals surface area (Å²) in [5.41, 5.74) is 0.868. The number of methoxy groups -OCH3 is 1. The van der Waals surface area contributed by atoms with Gasteiger partial charge < -0.3 is 19.3 Å². The van der Waals surface area contributed by atoms with Gasteiger partial charge in [-0.1, -0.05) is 0 Å². The number of hydrogen-bond donors (Lipinski definition) is 1. The first kappa shape index (κ1) is 24.5. The van der Waals surface area contributed by atoms with Crippen molar-refractivity contribution >= 4 is 27.6 Å². The molecule has 0 radical (unpaired) electrons. The summed E-state index contributed by atoms with van der Waals surface area (Å²) < 4.78 is 50.2. The molecule has 0 aromatic heterocycles. The van der Waals surface area contributed by atoms with Gasteiger partial charge in [-0.15, -0.1) is 0 Å². The number of benzene rings is 2. The van der Waals surface area contributed by atoms with Crippen molar-refractivity contribution in [1.82, 2.24) is 9.62 Å². The van der Waals surface area contributed by atoms with Crippen molar-refractivity contribution in [3.05, 3.63) is 54.3 Å². The van der Waals surface area contributed by atoms with Crippen LogP contribution in [-0.2, 0) is 24.3 Å². The third kappa shape index (κ3) is 6.42.